The first kappa shape index (κ1) is 14.2. The fourth-order valence-electron chi connectivity index (χ4n) is 1.96. The molecule has 0 heterocycles. The van der Waals surface area contributed by atoms with Gasteiger partial charge >= 0.3 is 0 Å². The molecule has 0 saturated heterocycles. The molecule has 3 nitrogen and oxygen atoms in total. The van der Waals surface area contributed by atoms with E-state index in [1.54, 1.807) is 44.4 Å². The van der Waals surface area contributed by atoms with E-state index in [0.717, 1.165) is 11.3 Å². The number of rotatable bonds is 4. The van der Waals surface area contributed by atoms with E-state index < -0.39 is 5.60 Å². The summed E-state index contributed by atoms with van der Waals surface area (Å²) in [7, 11) is 1.62. The first-order valence-corrected chi connectivity index (χ1v) is 6.37. The minimum absolute atomic E-state index is 0.0804. The van der Waals surface area contributed by atoms with E-state index in [-0.39, 0.29) is 5.75 Å². The first-order valence-electron chi connectivity index (χ1n) is 6.37. The molecule has 0 bridgehead atoms. The summed E-state index contributed by atoms with van der Waals surface area (Å²) in [6.07, 6.45) is 3.47. The second kappa shape index (κ2) is 5.80. The standard InChI is InChI=1S/C17H18O3/c1-17(19,15-5-3-4-6-16(15)18)12-11-13-7-9-14(20-2)10-8-13/h3-12,18-19H,1-2H3/b12-11+. The first-order chi connectivity index (χ1) is 9.53. The number of ether oxygens (including phenoxy) is 1. The molecular weight excluding hydrogens is 252 g/mol. The van der Waals surface area contributed by atoms with Crippen molar-refractivity contribution in [2.24, 2.45) is 0 Å². The van der Waals surface area contributed by atoms with E-state index in [9.17, 15) is 10.2 Å². The molecule has 0 aliphatic heterocycles. The van der Waals surface area contributed by atoms with Gasteiger partial charge in [0.25, 0.3) is 0 Å². The van der Waals surface area contributed by atoms with Gasteiger partial charge in [-0.1, -0.05) is 36.4 Å². The Balaban J connectivity index is 2.22. The van der Waals surface area contributed by atoms with Crippen LogP contribution < -0.4 is 4.74 Å². The van der Waals surface area contributed by atoms with Crippen LogP contribution in [-0.2, 0) is 5.60 Å². The van der Waals surface area contributed by atoms with Gasteiger partial charge in [-0.05, 0) is 36.8 Å². The van der Waals surface area contributed by atoms with Crippen molar-refractivity contribution in [2.75, 3.05) is 7.11 Å². The number of benzene rings is 2. The molecule has 104 valence electrons. The van der Waals surface area contributed by atoms with Gasteiger partial charge in [-0.3, -0.25) is 0 Å². The van der Waals surface area contributed by atoms with Crippen molar-refractivity contribution in [3.63, 3.8) is 0 Å². The van der Waals surface area contributed by atoms with Gasteiger partial charge < -0.3 is 14.9 Å². The van der Waals surface area contributed by atoms with Crippen molar-refractivity contribution < 1.29 is 14.9 Å². The maximum atomic E-state index is 10.5. The fraction of sp³-hybridized carbons (Fsp3) is 0.176. The SMILES string of the molecule is COc1ccc(/C=C/C(C)(O)c2ccccc2O)cc1. The summed E-state index contributed by atoms with van der Waals surface area (Å²) >= 11 is 0. The lowest BCUT2D eigenvalue weighted by molar-refractivity contribution is 0.109. The quantitative estimate of drug-likeness (QED) is 0.896. The molecule has 0 radical (unpaired) electrons. The molecule has 2 aromatic carbocycles. The lowest BCUT2D eigenvalue weighted by Crippen LogP contribution is -2.17. The number of hydrogen-bond acceptors (Lipinski definition) is 3. The van der Waals surface area contributed by atoms with E-state index in [1.165, 1.54) is 0 Å². The highest BCUT2D eigenvalue weighted by Crippen LogP contribution is 2.30. The van der Waals surface area contributed by atoms with E-state index in [0.29, 0.717) is 5.56 Å². The van der Waals surface area contributed by atoms with E-state index in [4.69, 9.17) is 4.74 Å². The minimum Gasteiger partial charge on any atom is -0.508 e. The van der Waals surface area contributed by atoms with Crippen molar-refractivity contribution in [3.8, 4) is 11.5 Å². The molecule has 20 heavy (non-hydrogen) atoms. The maximum Gasteiger partial charge on any atom is 0.121 e. The average molecular weight is 270 g/mol. The van der Waals surface area contributed by atoms with Crippen molar-refractivity contribution in [3.05, 3.63) is 65.7 Å². The van der Waals surface area contributed by atoms with Crippen molar-refractivity contribution in [2.45, 2.75) is 12.5 Å². The van der Waals surface area contributed by atoms with E-state index in [1.807, 2.05) is 30.3 Å². The van der Waals surface area contributed by atoms with Crippen LogP contribution in [0.3, 0.4) is 0 Å². The lowest BCUT2D eigenvalue weighted by atomic mass is 9.94. The zero-order valence-corrected chi connectivity index (χ0v) is 11.6. The third-order valence-corrected chi connectivity index (χ3v) is 3.17. The molecule has 2 aromatic rings. The van der Waals surface area contributed by atoms with Crippen LogP contribution in [-0.4, -0.2) is 17.3 Å². The molecule has 3 heteroatoms. The van der Waals surface area contributed by atoms with Crippen LogP contribution >= 0.6 is 0 Å². The summed E-state index contributed by atoms with van der Waals surface area (Å²) in [5, 5.41) is 20.3. The molecule has 0 fully saturated rings. The van der Waals surface area contributed by atoms with Gasteiger partial charge in [0.1, 0.15) is 17.1 Å². The van der Waals surface area contributed by atoms with Crippen molar-refractivity contribution >= 4 is 6.08 Å². The van der Waals surface area contributed by atoms with Crippen LogP contribution in [0.15, 0.2) is 54.6 Å². The molecule has 0 amide bonds. The Morgan fingerprint density at radius 1 is 1.05 bits per heavy atom. The monoisotopic (exact) mass is 270 g/mol. The summed E-state index contributed by atoms with van der Waals surface area (Å²) in [5.41, 5.74) is 0.192. The molecule has 0 aliphatic rings. The molecular formula is C17H18O3. The molecule has 0 aromatic heterocycles. The Kier molecular flexibility index (Phi) is 4.11. The van der Waals surface area contributed by atoms with Crippen LogP contribution in [0.2, 0.25) is 0 Å². The molecule has 1 unspecified atom stereocenters. The summed E-state index contributed by atoms with van der Waals surface area (Å²) in [5.74, 6) is 0.867. The normalized spacial score (nSPS) is 14.2. The predicted molar refractivity (Wildman–Crippen MR) is 79.7 cm³/mol. The highest BCUT2D eigenvalue weighted by molar-refractivity contribution is 5.53. The summed E-state index contributed by atoms with van der Waals surface area (Å²) in [6, 6.07) is 14.3. The second-order valence-corrected chi connectivity index (χ2v) is 4.77. The van der Waals surface area contributed by atoms with Gasteiger partial charge in [0, 0.05) is 5.56 Å². The Hall–Kier alpha value is -2.26. The Morgan fingerprint density at radius 2 is 1.70 bits per heavy atom. The molecule has 0 spiro atoms. The van der Waals surface area contributed by atoms with Gasteiger partial charge in [-0.25, -0.2) is 0 Å². The smallest absolute Gasteiger partial charge is 0.121 e. The summed E-state index contributed by atoms with van der Waals surface area (Å²) in [6.45, 7) is 1.64. The Bertz CT molecular complexity index is 598. The minimum atomic E-state index is -1.23. The van der Waals surface area contributed by atoms with Gasteiger partial charge in [0.05, 0.1) is 7.11 Å². The highest BCUT2D eigenvalue weighted by atomic mass is 16.5. The van der Waals surface area contributed by atoms with Gasteiger partial charge in [-0.2, -0.15) is 0 Å². The number of methoxy groups -OCH3 is 1. The van der Waals surface area contributed by atoms with Gasteiger partial charge in [-0.15, -0.1) is 0 Å². The molecule has 2 N–H and O–H groups in total. The average Bonchev–Trinajstić information content (AvgIpc) is 2.46. The maximum absolute atomic E-state index is 10.5. The third-order valence-electron chi connectivity index (χ3n) is 3.17. The van der Waals surface area contributed by atoms with Crippen LogP contribution in [0, 0.1) is 0 Å². The van der Waals surface area contributed by atoms with Gasteiger partial charge in [0.2, 0.25) is 0 Å². The highest BCUT2D eigenvalue weighted by Gasteiger charge is 2.22. The number of para-hydroxylation sites is 1. The van der Waals surface area contributed by atoms with E-state index >= 15 is 0 Å². The number of aromatic hydroxyl groups is 1. The predicted octanol–water partition coefficient (Wildman–Crippen LogP) is 3.32. The fourth-order valence-corrected chi connectivity index (χ4v) is 1.96. The largest absolute Gasteiger partial charge is 0.508 e. The Labute approximate surface area is 118 Å². The lowest BCUT2D eigenvalue weighted by Gasteiger charge is -2.20. The molecule has 0 saturated carbocycles. The Morgan fingerprint density at radius 3 is 2.30 bits per heavy atom. The van der Waals surface area contributed by atoms with Crippen LogP contribution in [0.5, 0.6) is 11.5 Å². The molecule has 0 aliphatic carbocycles. The molecule has 2 rings (SSSR count). The summed E-state index contributed by atoms with van der Waals surface area (Å²) < 4.78 is 5.09. The van der Waals surface area contributed by atoms with Crippen LogP contribution in [0.4, 0.5) is 0 Å². The second-order valence-electron chi connectivity index (χ2n) is 4.77. The van der Waals surface area contributed by atoms with Crippen LogP contribution in [0.1, 0.15) is 18.1 Å². The van der Waals surface area contributed by atoms with Crippen molar-refractivity contribution in [1.82, 2.24) is 0 Å². The zero-order valence-electron chi connectivity index (χ0n) is 11.6. The third kappa shape index (κ3) is 3.19. The van der Waals surface area contributed by atoms with Crippen molar-refractivity contribution in [1.29, 1.82) is 0 Å². The zero-order chi connectivity index (χ0) is 14.6. The number of aliphatic hydroxyl groups is 1. The number of phenols is 1. The number of hydrogen-bond donors (Lipinski definition) is 2. The number of phenolic OH excluding ortho intramolecular Hbond substituents is 1. The van der Waals surface area contributed by atoms with Crippen LogP contribution in [0.25, 0.3) is 6.08 Å². The molecule has 1 atom stereocenters. The van der Waals surface area contributed by atoms with E-state index in [2.05, 4.69) is 0 Å². The van der Waals surface area contributed by atoms with Gasteiger partial charge in [0.15, 0.2) is 0 Å². The topological polar surface area (TPSA) is 49.7 Å². The summed E-state index contributed by atoms with van der Waals surface area (Å²) in [4.78, 5) is 0.